The molecular formula is C82H114Cl2O10P2. The molecule has 2 atom stereocenters. The van der Waals surface area contributed by atoms with Crippen LogP contribution in [0.15, 0.2) is 72.8 Å². The quantitative estimate of drug-likeness (QED) is 0.0575. The van der Waals surface area contributed by atoms with Crippen LogP contribution in [0.2, 0.25) is 10.0 Å². The fourth-order valence-corrected chi connectivity index (χ4v) is 17.8. The van der Waals surface area contributed by atoms with Crippen LogP contribution >= 0.6 is 39.0 Å². The molecule has 0 aromatic heterocycles. The number of methoxy groups -OCH3 is 4. The topological polar surface area (TPSA) is 108 Å². The van der Waals surface area contributed by atoms with Crippen molar-refractivity contribution in [2.75, 3.05) is 41.7 Å². The van der Waals surface area contributed by atoms with Crippen molar-refractivity contribution in [2.24, 2.45) is 0 Å². The molecule has 10 nitrogen and oxygen atoms in total. The van der Waals surface area contributed by atoms with Crippen molar-refractivity contribution in [3.05, 3.63) is 127 Å². The van der Waals surface area contributed by atoms with Gasteiger partial charge in [-0.05, 0) is 179 Å². The Bertz CT molecular complexity index is 3270. The number of rotatable bonds is 19. The Labute approximate surface area is 590 Å². The monoisotopic (exact) mass is 1390 g/mol. The highest BCUT2D eigenvalue weighted by molar-refractivity contribution is 7.81. The van der Waals surface area contributed by atoms with E-state index in [0.717, 1.165) is 99.3 Å². The summed E-state index contributed by atoms with van der Waals surface area (Å²) in [5.41, 5.74) is 5.83. The van der Waals surface area contributed by atoms with Crippen LogP contribution in [0.1, 0.15) is 238 Å². The lowest BCUT2D eigenvalue weighted by atomic mass is 9.79. The highest BCUT2D eigenvalue weighted by Crippen LogP contribution is 2.55. The zero-order valence-corrected chi connectivity index (χ0v) is 67.5. The minimum absolute atomic E-state index is 0.113. The van der Waals surface area contributed by atoms with Gasteiger partial charge in [-0.3, -0.25) is 0 Å². The van der Waals surface area contributed by atoms with Crippen LogP contribution in [0.4, 0.5) is 0 Å². The van der Waals surface area contributed by atoms with E-state index in [-0.39, 0.29) is 34.8 Å². The number of esters is 2. The van der Waals surface area contributed by atoms with Gasteiger partial charge in [-0.1, -0.05) is 202 Å². The molecule has 526 valence electrons. The summed E-state index contributed by atoms with van der Waals surface area (Å²) >= 11 is 15.9. The van der Waals surface area contributed by atoms with E-state index in [4.69, 9.17) is 61.1 Å². The number of halogens is 2. The van der Waals surface area contributed by atoms with Gasteiger partial charge in [-0.15, -0.1) is 0 Å². The molecule has 0 aliphatic rings. The molecule has 0 heterocycles. The summed E-state index contributed by atoms with van der Waals surface area (Å²) in [6.45, 7) is 60.5. The molecule has 0 saturated carbocycles. The molecule has 6 rings (SSSR count). The second-order valence-corrected chi connectivity index (χ2v) is 38.7. The van der Waals surface area contributed by atoms with Gasteiger partial charge in [0.05, 0.1) is 51.7 Å². The highest BCUT2D eigenvalue weighted by Gasteiger charge is 2.41. The third kappa shape index (κ3) is 17.2. The molecule has 14 heteroatoms. The molecule has 2 unspecified atom stereocenters. The van der Waals surface area contributed by atoms with Crippen molar-refractivity contribution in [1.82, 2.24) is 0 Å². The summed E-state index contributed by atoms with van der Waals surface area (Å²) in [5, 5.41) is 6.04. The van der Waals surface area contributed by atoms with Gasteiger partial charge in [0.1, 0.15) is 34.5 Å². The lowest BCUT2D eigenvalue weighted by molar-refractivity contribution is -0.151. The summed E-state index contributed by atoms with van der Waals surface area (Å²) in [7, 11) is 3.37. The van der Waals surface area contributed by atoms with Crippen molar-refractivity contribution in [1.29, 1.82) is 0 Å². The number of hydrogen-bond donors (Lipinski definition) is 0. The van der Waals surface area contributed by atoms with E-state index in [2.05, 4.69) is 227 Å². The minimum Gasteiger partial charge on any atom is -0.496 e. The number of carbonyl (C=O) groups excluding carboxylic acids is 2. The van der Waals surface area contributed by atoms with Crippen molar-refractivity contribution < 1.29 is 47.5 Å². The van der Waals surface area contributed by atoms with Crippen molar-refractivity contribution >= 4 is 82.8 Å². The standard InChI is InChI=1S/C82H114Cl2O10P2/c1-33-91-73(85)47(3)93-71-61(83)35-37-63(95(49-39-53(75(5,6)7)67(87-29)54(40-49)76(8,9)10)50-41-55(77(11,12)13)68(88-30)56(42-50)78(14,15)16)65(71)66-64(38-36-62(84)72(66)94-48(4)74(86)92-34-2)96(51-43-57(79(17,18)19)69(89-31)58(44-51)80(20,21)22)52-45-59(81(23,24)25)70(90-32)60(46-52)82(26,27)28/h35-48H,33-34H2,1-32H3. The summed E-state index contributed by atoms with van der Waals surface area (Å²) in [6.07, 6.45) is -2.38. The lowest BCUT2D eigenvalue weighted by Crippen LogP contribution is -2.33. The molecule has 0 aliphatic heterocycles. The van der Waals surface area contributed by atoms with Crippen LogP contribution in [-0.4, -0.2) is 65.8 Å². The van der Waals surface area contributed by atoms with Crippen LogP contribution < -0.4 is 60.2 Å². The Balaban J connectivity index is 2.19. The molecule has 0 saturated heterocycles. The molecular weight excluding hydrogens is 1280 g/mol. The van der Waals surface area contributed by atoms with Gasteiger partial charge in [-0.25, -0.2) is 9.59 Å². The Kier molecular flexibility index (Phi) is 24.3. The van der Waals surface area contributed by atoms with Crippen LogP contribution in [0, 0.1) is 0 Å². The Morgan fingerprint density at radius 3 is 0.688 bits per heavy atom. The van der Waals surface area contributed by atoms with Crippen molar-refractivity contribution in [3.8, 4) is 45.6 Å². The maximum atomic E-state index is 14.4. The van der Waals surface area contributed by atoms with Gasteiger partial charge >= 0.3 is 11.9 Å². The molecule has 0 amide bonds. The Morgan fingerprint density at radius 1 is 0.344 bits per heavy atom. The second-order valence-electron chi connectivity index (χ2n) is 33.5. The maximum absolute atomic E-state index is 14.4. The van der Waals surface area contributed by atoms with Gasteiger partial charge < -0.3 is 37.9 Å². The highest BCUT2D eigenvalue weighted by atomic mass is 35.5. The Morgan fingerprint density at radius 2 is 0.531 bits per heavy atom. The molecule has 0 aliphatic carbocycles. The zero-order chi connectivity index (χ0) is 72.9. The van der Waals surface area contributed by atoms with Crippen molar-refractivity contribution in [2.45, 2.75) is 249 Å². The lowest BCUT2D eigenvalue weighted by Gasteiger charge is -2.36. The predicted molar refractivity (Wildman–Crippen MR) is 409 cm³/mol. The number of ether oxygens (including phenoxy) is 8. The average molecular weight is 1390 g/mol. The van der Waals surface area contributed by atoms with Crippen LogP contribution in [-0.2, 0) is 62.4 Å². The molecule has 6 aromatic rings. The first-order chi connectivity index (χ1) is 43.9. The third-order valence-electron chi connectivity index (χ3n) is 17.3. The van der Waals surface area contributed by atoms with Crippen molar-refractivity contribution in [3.63, 3.8) is 0 Å². The van der Waals surface area contributed by atoms with Gasteiger partial charge in [0, 0.05) is 55.6 Å². The normalized spacial score (nSPS) is 13.6. The third-order valence-corrected chi connectivity index (χ3v) is 22.7. The number of carbonyl (C=O) groups is 2. The Hall–Kier alpha value is -5.50. The second kappa shape index (κ2) is 29.4. The van der Waals surface area contributed by atoms with E-state index in [9.17, 15) is 9.59 Å². The smallest absolute Gasteiger partial charge is 0.347 e. The van der Waals surface area contributed by atoms with Gasteiger partial charge in [-0.2, -0.15) is 0 Å². The molecule has 0 bridgehead atoms. The number of benzene rings is 6. The maximum Gasteiger partial charge on any atom is 0.347 e. The largest absolute Gasteiger partial charge is 0.496 e. The van der Waals surface area contributed by atoms with Crippen LogP contribution in [0.25, 0.3) is 11.1 Å². The first-order valence-electron chi connectivity index (χ1n) is 33.8. The molecule has 0 fully saturated rings. The van der Waals surface area contributed by atoms with E-state index < -0.39 is 83.3 Å². The predicted octanol–water partition coefficient (Wildman–Crippen LogP) is 19.3. The van der Waals surface area contributed by atoms with Gasteiger partial charge in [0.15, 0.2) is 12.2 Å². The summed E-state index contributed by atoms with van der Waals surface area (Å²) in [6, 6.07) is 26.5. The fraction of sp³-hybridized carbons (Fsp3) is 0.537. The molecule has 0 spiro atoms. The van der Waals surface area contributed by atoms with E-state index >= 15 is 0 Å². The SMILES string of the molecule is CCOC(=O)C(C)Oc1c(Cl)ccc(P(c2cc(C(C)(C)C)c(OC)c(C(C)(C)C)c2)c2cc(C(C)(C)C)c(OC)c(C(C)(C)C)c2)c1-c1c(P(c2cc(C(C)(C)C)c(OC)c(C(C)(C)C)c2)c2cc(C(C)(C)C)c(OC)c(C(C)(C)C)c2)ccc(Cl)c1OC(C)C(=O)OCC. The van der Waals surface area contributed by atoms with E-state index in [1.165, 1.54) is 0 Å². The van der Waals surface area contributed by atoms with Crippen LogP contribution in [0.3, 0.4) is 0 Å². The molecule has 96 heavy (non-hydrogen) atoms. The summed E-state index contributed by atoms with van der Waals surface area (Å²) in [4.78, 5) is 28.8. The van der Waals surface area contributed by atoms with Crippen LogP contribution in [0.5, 0.6) is 34.5 Å². The molecule has 0 N–H and O–H groups in total. The molecule has 0 radical (unpaired) electrons. The molecule has 6 aromatic carbocycles. The average Bonchev–Trinajstić information content (AvgIpc) is 0.729. The first kappa shape index (κ1) is 79.5. The zero-order valence-electron chi connectivity index (χ0n) is 64.2. The fourth-order valence-electron chi connectivity index (χ4n) is 12.3. The van der Waals surface area contributed by atoms with Gasteiger partial charge in [0.2, 0.25) is 0 Å². The first-order valence-corrected chi connectivity index (χ1v) is 37.2. The van der Waals surface area contributed by atoms with E-state index in [0.29, 0.717) is 11.1 Å². The summed E-state index contributed by atoms with van der Waals surface area (Å²) in [5.74, 6) is 2.48. The van der Waals surface area contributed by atoms with Gasteiger partial charge in [0.25, 0.3) is 0 Å². The minimum atomic E-state index is -1.83. The number of hydrogen-bond acceptors (Lipinski definition) is 10. The van der Waals surface area contributed by atoms with E-state index in [1.54, 1.807) is 56.1 Å². The summed E-state index contributed by atoms with van der Waals surface area (Å²) < 4.78 is 52.3. The van der Waals surface area contributed by atoms with E-state index in [1.807, 2.05) is 12.1 Å².